The number of aromatic nitrogens is 1. The van der Waals surface area contributed by atoms with Crippen molar-refractivity contribution >= 4 is 22.8 Å². The molecule has 2 rings (SSSR count). The van der Waals surface area contributed by atoms with E-state index in [9.17, 15) is 4.79 Å². The molecule has 1 aromatic carbocycles. The first-order valence-electron chi connectivity index (χ1n) is 6.45. The van der Waals surface area contributed by atoms with Crippen molar-refractivity contribution in [1.82, 2.24) is 4.98 Å². The minimum absolute atomic E-state index is 0.348. The van der Waals surface area contributed by atoms with Crippen molar-refractivity contribution in [2.75, 3.05) is 26.2 Å². The van der Waals surface area contributed by atoms with Gasteiger partial charge < -0.3 is 14.4 Å². The molecule has 1 heterocycles. The van der Waals surface area contributed by atoms with Crippen LogP contribution in [0.15, 0.2) is 24.3 Å². The van der Waals surface area contributed by atoms with Crippen LogP contribution in [0.4, 0.5) is 5.13 Å². The van der Waals surface area contributed by atoms with Crippen LogP contribution in [0.1, 0.15) is 20.9 Å². The van der Waals surface area contributed by atoms with Crippen molar-refractivity contribution in [3.8, 4) is 5.75 Å². The molecule has 6 heteroatoms. The molecular formula is C15H18N2O3S. The van der Waals surface area contributed by atoms with Crippen LogP contribution in [-0.4, -0.2) is 32.5 Å². The largest absolute Gasteiger partial charge is 0.497 e. The van der Waals surface area contributed by atoms with Crippen LogP contribution in [-0.2, 0) is 17.9 Å². The Morgan fingerprint density at radius 2 is 2.00 bits per heavy atom. The maximum atomic E-state index is 11.0. The van der Waals surface area contributed by atoms with Gasteiger partial charge in [-0.3, -0.25) is 4.79 Å². The predicted molar refractivity (Wildman–Crippen MR) is 83.3 cm³/mol. The maximum Gasteiger partial charge on any atom is 0.186 e. The highest BCUT2D eigenvalue weighted by molar-refractivity contribution is 7.17. The van der Waals surface area contributed by atoms with E-state index in [4.69, 9.17) is 9.47 Å². The summed E-state index contributed by atoms with van der Waals surface area (Å²) in [5, 5.41) is 0.806. The summed E-state index contributed by atoms with van der Waals surface area (Å²) in [6, 6.07) is 7.88. The minimum Gasteiger partial charge on any atom is -0.497 e. The number of nitrogens with zero attached hydrogens (tertiary/aromatic N) is 2. The van der Waals surface area contributed by atoms with Crippen molar-refractivity contribution in [3.63, 3.8) is 0 Å². The molecule has 0 saturated carbocycles. The monoisotopic (exact) mass is 306 g/mol. The lowest BCUT2D eigenvalue weighted by Crippen LogP contribution is -2.16. The van der Waals surface area contributed by atoms with Gasteiger partial charge in [0.05, 0.1) is 24.3 Å². The second-order valence-corrected chi connectivity index (χ2v) is 5.57. The quantitative estimate of drug-likeness (QED) is 0.736. The molecule has 0 spiro atoms. The minimum atomic E-state index is 0.348. The lowest BCUT2D eigenvalue weighted by atomic mass is 10.2. The van der Waals surface area contributed by atoms with Crippen LogP contribution in [0.2, 0.25) is 0 Å². The normalized spacial score (nSPS) is 10.4. The predicted octanol–water partition coefficient (Wildman–Crippen LogP) is 2.75. The molecule has 0 N–H and O–H groups in total. The Labute approximate surface area is 128 Å². The molecule has 112 valence electrons. The van der Waals surface area contributed by atoms with Crippen LogP contribution in [0.3, 0.4) is 0 Å². The van der Waals surface area contributed by atoms with E-state index < -0.39 is 0 Å². The number of hydrogen-bond acceptors (Lipinski definition) is 6. The molecule has 2 aromatic rings. The number of rotatable bonds is 7. The van der Waals surface area contributed by atoms with Gasteiger partial charge in [0.2, 0.25) is 0 Å². The van der Waals surface area contributed by atoms with Gasteiger partial charge in [-0.2, -0.15) is 0 Å². The van der Waals surface area contributed by atoms with E-state index in [-0.39, 0.29) is 0 Å². The first-order valence-corrected chi connectivity index (χ1v) is 7.27. The summed E-state index contributed by atoms with van der Waals surface area (Å²) in [6.45, 7) is 1.06. The van der Waals surface area contributed by atoms with Crippen molar-refractivity contribution in [2.24, 2.45) is 0 Å². The second-order valence-electron chi connectivity index (χ2n) is 4.56. The van der Waals surface area contributed by atoms with E-state index >= 15 is 0 Å². The highest BCUT2D eigenvalue weighted by Gasteiger charge is 2.13. The molecule has 0 radical (unpaired) electrons. The third-order valence-electron chi connectivity index (χ3n) is 3.01. The molecule has 1 aromatic heterocycles. The smallest absolute Gasteiger partial charge is 0.186 e. The van der Waals surface area contributed by atoms with Crippen molar-refractivity contribution in [2.45, 2.75) is 13.2 Å². The number of hydrogen-bond donors (Lipinski definition) is 0. The van der Waals surface area contributed by atoms with Gasteiger partial charge in [0.1, 0.15) is 5.75 Å². The molecule has 0 aliphatic rings. The Balaban J connectivity index is 2.11. The topological polar surface area (TPSA) is 51.7 Å². The summed E-state index contributed by atoms with van der Waals surface area (Å²) in [4.78, 5) is 18.1. The second kappa shape index (κ2) is 7.19. The fourth-order valence-corrected chi connectivity index (χ4v) is 2.76. The lowest BCUT2D eigenvalue weighted by Gasteiger charge is -2.15. The van der Waals surface area contributed by atoms with Gasteiger partial charge >= 0.3 is 0 Å². The van der Waals surface area contributed by atoms with Crippen molar-refractivity contribution in [1.29, 1.82) is 0 Å². The average Bonchev–Trinajstić information content (AvgIpc) is 2.91. The number of benzene rings is 1. The summed E-state index contributed by atoms with van der Waals surface area (Å²) in [7, 11) is 5.19. The Morgan fingerprint density at radius 1 is 1.29 bits per heavy atom. The zero-order valence-electron chi connectivity index (χ0n) is 12.3. The van der Waals surface area contributed by atoms with Crippen LogP contribution >= 0.6 is 11.3 Å². The Bertz CT molecular complexity index is 595. The molecule has 0 aliphatic carbocycles. The summed E-state index contributed by atoms with van der Waals surface area (Å²) < 4.78 is 10.2. The SMILES string of the molecule is COCc1nc(N(C)Cc2ccc(OC)cc2)sc1C=O. The van der Waals surface area contributed by atoms with Gasteiger partial charge in [0, 0.05) is 20.7 Å². The molecule has 5 nitrogen and oxygen atoms in total. The molecule has 0 aliphatic heterocycles. The Hall–Kier alpha value is -1.92. The zero-order chi connectivity index (χ0) is 15.2. The Morgan fingerprint density at radius 3 is 2.57 bits per heavy atom. The molecule has 0 atom stereocenters. The number of thiazole rings is 1. The van der Waals surface area contributed by atoms with Crippen molar-refractivity contribution < 1.29 is 14.3 Å². The maximum absolute atomic E-state index is 11.0. The summed E-state index contributed by atoms with van der Waals surface area (Å²) >= 11 is 1.38. The molecular weight excluding hydrogens is 288 g/mol. The standard InChI is InChI=1S/C15H18N2O3S/c1-17(8-11-4-6-12(20-3)7-5-11)15-16-13(10-19-2)14(9-18)21-15/h4-7,9H,8,10H2,1-3H3. The number of methoxy groups -OCH3 is 2. The molecule has 0 saturated heterocycles. The van der Waals surface area contributed by atoms with Crippen LogP contribution in [0.25, 0.3) is 0 Å². The zero-order valence-corrected chi connectivity index (χ0v) is 13.1. The summed E-state index contributed by atoms with van der Waals surface area (Å²) in [6.07, 6.45) is 0.830. The molecule has 0 bridgehead atoms. The number of aldehydes is 1. The number of ether oxygens (including phenoxy) is 2. The van der Waals surface area contributed by atoms with Gasteiger partial charge in [0.25, 0.3) is 0 Å². The first-order chi connectivity index (χ1) is 10.2. The average molecular weight is 306 g/mol. The van der Waals surface area contributed by atoms with Crippen LogP contribution in [0.5, 0.6) is 5.75 Å². The highest BCUT2D eigenvalue weighted by Crippen LogP contribution is 2.26. The van der Waals surface area contributed by atoms with E-state index in [1.165, 1.54) is 11.3 Å². The van der Waals surface area contributed by atoms with Gasteiger partial charge in [-0.05, 0) is 17.7 Å². The highest BCUT2D eigenvalue weighted by atomic mass is 32.1. The first kappa shape index (κ1) is 15.5. The number of carbonyl (C=O) groups is 1. The van der Waals surface area contributed by atoms with Crippen molar-refractivity contribution in [3.05, 3.63) is 40.4 Å². The van der Waals surface area contributed by atoms with Gasteiger partial charge in [0.15, 0.2) is 11.4 Å². The van der Waals surface area contributed by atoms with E-state index in [1.807, 2.05) is 36.2 Å². The summed E-state index contributed by atoms with van der Waals surface area (Å²) in [5.41, 5.74) is 1.84. The van der Waals surface area contributed by atoms with Crippen LogP contribution < -0.4 is 9.64 Å². The molecule has 0 unspecified atom stereocenters. The fourth-order valence-electron chi connectivity index (χ4n) is 1.92. The number of anilines is 1. The number of carbonyl (C=O) groups excluding carboxylic acids is 1. The van der Waals surface area contributed by atoms with Crippen LogP contribution in [0, 0.1) is 0 Å². The van der Waals surface area contributed by atoms with Gasteiger partial charge in [-0.25, -0.2) is 4.98 Å². The van der Waals surface area contributed by atoms with E-state index in [2.05, 4.69) is 4.98 Å². The van der Waals surface area contributed by atoms with E-state index in [1.54, 1.807) is 14.2 Å². The van der Waals surface area contributed by atoms with Gasteiger partial charge in [-0.15, -0.1) is 0 Å². The lowest BCUT2D eigenvalue weighted by molar-refractivity contribution is 0.112. The third-order valence-corrected chi connectivity index (χ3v) is 4.15. The fraction of sp³-hybridized carbons (Fsp3) is 0.333. The summed E-state index contributed by atoms with van der Waals surface area (Å²) in [5.74, 6) is 0.835. The van der Waals surface area contributed by atoms with E-state index in [0.717, 1.165) is 22.7 Å². The van der Waals surface area contributed by atoms with Gasteiger partial charge in [-0.1, -0.05) is 23.5 Å². The Kier molecular flexibility index (Phi) is 5.30. The molecule has 21 heavy (non-hydrogen) atoms. The third kappa shape index (κ3) is 3.80. The van der Waals surface area contributed by atoms with E-state index in [0.29, 0.717) is 23.7 Å². The molecule has 0 amide bonds. The molecule has 0 fully saturated rings.